The Hall–Kier alpha value is -0.870. The highest BCUT2D eigenvalue weighted by Gasteiger charge is 2.26. The van der Waals surface area contributed by atoms with Crippen molar-refractivity contribution in [3.63, 3.8) is 0 Å². The van der Waals surface area contributed by atoms with Crippen LogP contribution in [-0.2, 0) is 9.53 Å². The van der Waals surface area contributed by atoms with Crippen LogP contribution in [0.2, 0.25) is 0 Å². The SMILES string of the molecule is O=C(O)CCCC=CC[C@@H]1COC[C@@H]1CO. The van der Waals surface area contributed by atoms with Gasteiger partial charge in [0.1, 0.15) is 0 Å². The molecule has 92 valence electrons. The molecule has 1 saturated heterocycles. The fraction of sp³-hybridized carbons (Fsp3) is 0.750. The first-order valence-corrected chi connectivity index (χ1v) is 5.79. The number of allylic oxidation sites excluding steroid dienone is 2. The molecule has 1 aliphatic heterocycles. The van der Waals surface area contributed by atoms with Gasteiger partial charge in [-0.2, -0.15) is 0 Å². The van der Waals surface area contributed by atoms with Gasteiger partial charge in [-0.25, -0.2) is 0 Å². The summed E-state index contributed by atoms with van der Waals surface area (Å²) in [6.07, 6.45) is 6.74. The number of aliphatic carboxylic acids is 1. The number of unbranched alkanes of at least 4 members (excludes halogenated alkanes) is 1. The number of hydrogen-bond donors (Lipinski definition) is 2. The summed E-state index contributed by atoms with van der Waals surface area (Å²) in [5.41, 5.74) is 0. The third kappa shape index (κ3) is 4.77. The monoisotopic (exact) mass is 228 g/mol. The Morgan fingerprint density at radius 1 is 1.31 bits per heavy atom. The van der Waals surface area contributed by atoms with Crippen LogP contribution in [0.25, 0.3) is 0 Å². The Bertz CT molecular complexity index is 237. The van der Waals surface area contributed by atoms with E-state index in [4.69, 9.17) is 14.9 Å². The summed E-state index contributed by atoms with van der Waals surface area (Å²) in [6, 6.07) is 0. The van der Waals surface area contributed by atoms with Crippen molar-refractivity contribution in [2.45, 2.75) is 25.7 Å². The second kappa shape index (κ2) is 7.41. The smallest absolute Gasteiger partial charge is 0.303 e. The topological polar surface area (TPSA) is 66.8 Å². The van der Waals surface area contributed by atoms with Gasteiger partial charge in [0.25, 0.3) is 0 Å². The fourth-order valence-electron chi connectivity index (χ4n) is 1.87. The molecule has 0 saturated carbocycles. The number of carboxylic acids is 1. The van der Waals surface area contributed by atoms with E-state index in [1.807, 2.05) is 6.08 Å². The predicted molar refractivity (Wildman–Crippen MR) is 60.1 cm³/mol. The molecule has 1 rings (SSSR count). The van der Waals surface area contributed by atoms with Gasteiger partial charge in [-0.1, -0.05) is 12.2 Å². The number of hydrogen-bond acceptors (Lipinski definition) is 3. The molecule has 0 aromatic rings. The summed E-state index contributed by atoms with van der Waals surface area (Å²) in [5.74, 6) is -0.0534. The van der Waals surface area contributed by atoms with Gasteiger partial charge in [0.15, 0.2) is 0 Å². The number of aliphatic hydroxyl groups is 1. The van der Waals surface area contributed by atoms with Crippen LogP contribution in [0.15, 0.2) is 12.2 Å². The number of rotatable bonds is 7. The third-order valence-corrected chi connectivity index (χ3v) is 2.93. The zero-order valence-electron chi connectivity index (χ0n) is 9.47. The largest absolute Gasteiger partial charge is 0.481 e. The van der Waals surface area contributed by atoms with Crippen LogP contribution in [0.5, 0.6) is 0 Å². The average Bonchev–Trinajstić information content (AvgIpc) is 2.70. The standard InChI is InChI=1S/C12H20O4/c13-7-11-9-16-8-10(11)5-3-1-2-4-6-12(14)15/h1,3,10-11,13H,2,4-9H2,(H,14,15)/t10-,11+/m1/s1. The lowest BCUT2D eigenvalue weighted by Crippen LogP contribution is -2.15. The maximum atomic E-state index is 10.3. The lowest BCUT2D eigenvalue weighted by molar-refractivity contribution is -0.137. The van der Waals surface area contributed by atoms with Crippen LogP contribution in [0.1, 0.15) is 25.7 Å². The number of aliphatic hydroxyl groups excluding tert-OH is 1. The van der Waals surface area contributed by atoms with Crippen LogP contribution in [0.4, 0.5) is 0 Å². The quantitative estimate of drug-likeness (QED) is 0.511. The second-order valence-corrected chi connectivity index (χ2v) is 4.23. The first-order chi connectivity index (χ1) is 7.74. The lowest BCUT2D eigenvalue weighted by Gasteiger charge is -2.11. The highest BCUT2D eigenvalue weighted by molar-refractivity contribution is 5.66. The van der Waals surface area contributed by atoms with Gasteiger partial charge in [-0.15, -0.1) is 0 Å². The minimum absolute atomic E-state index is 0.192. The molecule has 2 atom stereocenters. The van der Waals surface area contributed by atoms with Crippen molar-refractivity contribution in [2.24, 2.45) is 11.8 Å². The first-order valence-electron chi connectivity index (χ1n) is 5.79. The summed E-state index contributed by atoms with van der Waals surface area (Å²) < 4.78 is 5.30. The average molecular weight is 228 g/mol. The fourth-order valence-corrected chi connectivity index (χ4v) is 1.87. The molecule has 0 radical (unpaired) electrons. The number of carbonyl (C=O) groups is 1. The normalized spacial score (nSPS) is 25.3. The molecular weight excluding hydrogens is 208 g/mol. The van der Waals surface area contributed by atoms with Crippen LogP contribution < -0.4 is 0 Å². The van der Waals surface area contributed by atoms with E-state index in [-0.39, 0.29) is 18.9 Å². The highest BCUT2D eigenvalue weighted by atomic mass is 16.5. The molecular formula is C12H20O4. The Labute approximate surface area is 95.9 Å². The van der Waals surface area contributed by atoms with E-state index in [1.165, 1.54) is 0 Å². The van der Waals surface area contributed by atoms with Gasteiger partial charge < -0.3 is 14.9 Å². The summed E-state index contributed by atoms with van der Waals surface area (Å²) >= 11 is 0. The van der Waals surface area contributed by atoms with Crippen LogP contribution in [0, 0.1) is 11.8 Å². The molecule has 4 nitrogen and oxygen atoms in total. The molecule has 2 N–H and O–H groups in total. The molecule has 0 spiro atoms. The van der Waals surface area contributed by atoms with Crippen molar-refractivity contribution in [1.29, 1.82) is 0 Å². The van der Waals surface area contributed by atoms with Gasteiger partial charge in [0.05, 0.1) is 13.2 Å². The van der Waals surface area contributed by atoms with E-state index in [0.717, 1.165) is 19.4 Å². The zero-order chi connectivity index (χ0) is 11.8. The van der Waals surface area contributed by atoms with E-state index in [2.05, 4.69) is 6.08 Å². The predicted octanol–water partition coefficient (Wildman–Crippen LogP) is 1.44. The van der Waals surface area contributed by atoms with Gasteiger partial charge >= 0.3 is 5.97 Å². The molecule has 0 aromatic heterocycles. The number of carboxylic acid groups (broad SMARTS) is 1. The van der Waals surface area contributed by atoms with Gasteiger partial charge in [-0.3, -0.25) is 4.79 Å². The third-order valence-electron chi connectivity index (χ3n) is 2.93. The van der Waals surface area contributed by atoms with E-state index in [1.54, 1.807) is 0 Å². The number of ether oxygens (including phenoxy) is 1. The van der Waals surface area contributed by atoms with Crippen molar-refractivity contribution < 1.29 is 19.7 Å². The Morgan fingerprint density at radius 3 is 2.75 bits per heavy atom. The maximum Gasteiger partial charge on any atom is 0.303 e. The van der Waals surface area contributed by atoms with Gasteiger partial charge in [-0.05, 0) is 25.2 Å². The summed E-state index contributed by atoms with van der Waals surface area (Å²) in [7, 11) is 0. The Kier molecular flexibility index (Phi) is 6.11. The van der Waals surface area contributed by atoms with E-state index >= 15 is 0 Å². The second-order valence-electron chi connectivity index (χ2n) is 4.23. The summed E-state index contributed by atoms with van der Waals surface area (Å²) in [5, 5.41) is 17.5. The van der Waals surface area contributed by atoms with Crippen molar-refractivity contribution in [1.82, 2.24) is 0 Å². The molecule has 16 heavy (non-hydrogen) atoms. The van der Waals surface area contributed by atoms with Crippen LogP contribution >= 0.6 is 0 Å². The minimum atomic E-state index is -0.738. The zero-order valence-corrected chi connectivity index (χ0v) is 9.47. The summed E-state index contributed by atoms with van der Waals surface area (Å²) in [4.78, 5) is 10.3. The van der Waals surface area contributed by atoms with Crippen LogP contribution in [-0.4, -0.2) is 36.0 Å². The van der Waals surface area contributed by atoms with Gasteiger partial charge in [0.2, 0.25) is 0 Å². The van der Waals surface area contributed by atoms with Crippen molar-refractivity contribution in [3.8, 4) is 0 Å². The first kappa shape index (κ1) is 13.2. The summed E-state index contributed by atoms with van der Waals surface area (Å²) in [6.45, 7) is 1.58. The van der Waals surface area contributed by atoms with E-state index in [0.29, 0.717) is 18.9 Å². The highest BCUT2D eigenvalue weighted by Crippen LogP contribution is 2.23. The van der Waals surface area contributed by atoms with Crippen molar-refractivity contribution in [2.75, 3.05) is 19.8 Å². The van der Waals surface area contributed by atoms with Gasteiger partial charge in [0, 0.05) is 18.9 Å². The molecule has 1 fully saturated rings. The van der Waals surface area contributed by atoms with E-state index < -0.39 is 5.97 Å². The lowest BCUT2D eigenvalue weighted by atomic mass is 9.93. The molecule has 0 aliphatic carbocycles. The van der Waals surface area contributed by atoms with Crippen LogP contribution in [0.3, 0.4) is 0 Å². The Morgan fingerprint density at radius 2 is 2.06 bits per heavy atom. The molecule has 0 bridgehead atoms. The molecule has 1 aliphatic rings. The molecule has 1 heterocycles. The maximum absolute atomic E-state index is 10.3. The molecule has 0 amide bonds. The molecule has 0 unspecified atom stereocenters. The van der Waals surface area contributed by atoms with Crippen molar-refractivity contribution >= 4 is 5.97 Å². The molecule has 0 aromatic carbocycles. The van der Waals surface area contributed by atoms with Crippen molar-refractivity contribution in [3.05, 3.63) is 12.2 Å². The minimum Gasteiger partial charge on any atom is -0.481 e. The molecule has 4 heteroatoms. The van der Waals surface area contributed by atoms with E-state index in [9.17, 15) is 4.79 Å². The Balaban J connectivity index is 2.09.